The highest BCUT2D eigenvalue weighted by molar-refractivity contribution is 14.1. The summed E-state index contributed by atoms with van der Waals surface area (Å²) in [6, 6.07) is 4.16. The minimum Gasteiger partial charge on any atom is -0.318 e. The molecule has 106 valence electrons. The van der Waals surface area contributed by atoms with Crippen molar-refractivity contribution in [1.29, 1.82) is 0 Å². The van der Waals surface area contributed by atoms with Gasteiger partial charge in [-0.15, -0.1) is 0 Å². The number of carbonyl (C=O) groups excluding carboxylic acids is 1. The number of aryl methyl sites for hydroxylation is 1. The third-order valence-electron chi connectivity index (χ3n) is 3.85. The van der Waals surface area contributed by atoms with Crippen LogP contribution in [0.15, 0.2) is 24.5 Å². The molecule has 0 radical (unpaired) electrons. The quantitative estimate of drug-likeness (QED) is 0.758. The number of pyridine rings is 2. The summed E-state index contributed by atoms with van der Waals surface area (Å²) in [5.41, 5.74) is 2.45. The van der Waals surface area contributed by atoms with E-state index in [0.29, 0.717) is 11.6 Å². The summed E-state index contributed by atoms with van der Waals surface area (Å²) in [5.74, 6) is 1.42. The fourth-order valence-corrected chi connectivity index (χ4v) is 3.30. The minimum absolute atomic E-state index is 0.108. The van der Waals surface area contributed by atoms with Crippen molar-refractivity contribution in [3.05, 3.63) is 39.2 Å². The zero-order chi connectivity index (χ0) is 14.6. The molecule has 0 unspecified atom stereocenters. The average molecular weight is 392 g/mol. The summed E-state index contributed by atoms with van der Waals surface area (Å²) in [6.45, 7) is 1.99. The highest BCUT2D eigenvalue weighted by atomic mass is 127. The number of halogens is 1. The number of aromatic nitrogens is 2. The molecule has 4 rings (SSSR count). The number of carbonyl (C=O) groups is 1. The van der Waals surface area contributed by atoms with Crippen molar-refractivity contribution in [2.24, 2.45) is 0 Å². The average Bonchev–Trinajstić information content (AvgIpc) is 3.27. The first kappa shape index (κ1) is 13.0. The van der Waals surface area contributed by atoms with E-state index in [0.717, 1.165) is 39.3 Å². The molecule has 2 aromatic rings. The molecular weight excluding hydrogens is 379 g/mol. The van der Waals surface area contributed by atoms with E-state index >= 15 is 0 Å². The highest BCUT2D eigenvalue weighted by Gasteiger charge is 2.38. The van der Waals surface area contributed by atoms with E-state index in [-0.39, 0.29) is 5.91 Å². The SMILES string of the molecule is Cc1ccnc2c1NC(=O)c1c(I)ccnc1N2C1CC1. The molecule has 1 N–H and O–H groups in total. The van der Waals surface area contributed by atoms with Crippen molar-refractivity contribution >= 4 is 45.8 Å². The van der Waals surface area contributed by atoms with Crippen LogP contribution in [0.2, 0.25) is 0 Å². The molecule has 3 heterocycles. The molecule has 6 heteroatoms. The van der Waals surface area contributed by atoms with Crippen molar-refractivity contribution in [3.63, 3.8) is 0 Å². The van der Waals surface area contributed by atoms with E-state index in [4.69, 9.17) is 0 Å². The fourth-order valence-electron chi connectivity index (χ4n) is 2.66. The van der Waals surface area contributed by atoms with Crippen molar-refractivity contribution in [3.8, 4) is 0 Å². The lowest BCUT2D eigenvalue weighted by molar-refractivity contribution is 0.102. The van der Waals surface area contributed by atoms with Crippen LogP contribution in [0, 0.1) is 10.5 Å². The van der Waals surface area contributed by atoms with E-state index in [2.05, 4.69) is 42.8 Å². The number of nitrogens with zero attached hydrogens (tertiary/aromatic N) is 3. The van der Waals surface area contributed by atoms with Crippen LogP contribution in [0.25, 0.3) is 0 Å². The lowest BCUT2D eigenvalue weighted by Crippen LogP contribution is -2.23. The van der Waals surface area contributed by atoms with Gasteiger partial charge in [-0.3, -0.25) is 4.79 Å². The van der Waals surface area contributed by atoms with Crippen LogP contribution in [0.1, 0.15) is 28.8 Å². The van der Waals surface area contributed by atoms with E-state index < -0.39 is 0 Å². The first-order chi connectivity index (χ1) is 10.2. The van der Waals surface area contributed by atoms with Crippen LogP contribution in [0.3, 0.4) is 0 Å². The van der Waals surface area contributed by atoms with Gasteiger partial charge in [0.15, 0.2) is 5.82 Å². The molecule has 0 bridgehead atoms. The monoisotopic (exact) mass is 392 g/mol. The van der Waals surface area contributed by atoms with Gasteiger partial charge in [0.1, 0.15) is 5.82 Å². The Balaban J connectivity index is 2.02. The largest absolute Gasteiger partial charge is 0.318 e. The van der Waals surface area contributed by atoms with Gasteiger partial charge in [0.25, 0.3) is 5.91 Å². The molecule has 1 aliphatic carbocycles. The summed E-state index contributed by atoms with van der Waals surface area (Å²) in [6.07, 6.45) is 5.75. The number of rotatable bonds is 1. The van der Waals surface area contributed by atoms with Gasteiger partial charge in [-0.05, 0) is 60.1 Å². The van der Waals surface area contributed by atoms with Gasteiger partial charge in [0.2, 0.25) is 0 Å². The molecule has 1 amide bonds. The van der Waals surface area contributed by atoms with Crippen LogP contribution >= 0.6 is 22.6 Å². The van der Waals surface area contributed by atoms with Crippen LogP contribution < -0.4 is 10.2 Å². The normalized spacial score (nSPS) is 16.9. The van der Waals surface area contributed by atoms with Crippen LogP contribution in [-0.2, 0) is 0 Å². The Labute approximate surface area is 135 Å². The van der Waals surface area contributed by atoms with Gasteiger partial charge >= 0.3 is 0 Å². The molecule has 1 fully saturated rings. The van der Waals surface area contributed by atoms with E-state index in [1.54, 1.807) is 12.4 Å². The molecule has 0 saturated heterocycles. The van der Waals surface area contributed by atoms with Gasteiger partial charge in [0, 0.05) is 22.0 Å². The number of fused-ring (bicyclic) bond motifs is 2. The van der Waals surface area contributed by atoms with Gasteiger partial charge in [-0.25, -0.2) is 9.97 Å². The maximum atomic E-state index is 12.6. The Kier molecular flexibility index (Phi) is 2.88. The fraction of sp³-hybridized carbons (Fsp3) is 0.267. The second-order valence-electron chi connectivity index (χ2n) is 5.37. The molecule has 0 atom stereocenters. The maximum absolute atomic E-state index is 12.6. The molecule has 0 spiro atoms. The predicted molar refractivity (Wildman–Crippen MR) is 89.0 cm³/mol. The predicted octanol–water partition coefficient (Wildman–Crippen LogP) is 3.26. The minimum atomic E-state index is -0.108. The molecule has 21 heavy (non-hydrogen) atoms. The lowest BCUT2D eigenvalue weighted by atomic mass is 10.2. The summed E-state index contributed by atoms with van der Waals surface area (Å²) in [7, 11) is 0. The Hall–Kier alpha value is -1.70. The summed E-state index contributed by atoms with van der Waals surface area (Å²) in [4.78, 5) is 23.7. The topological polar surface area (TPSA) is 58.1 Å². The smallest absolute Gasteiger partial charge is 0.260 e. The lowest BCUT2D eigenvalue weighted by Gasteiger charge is -2.24. The second kappa shape index (κ2) is 4.66. The molecular formula is C15H13IN4O. The zero-order valence-electron chi connectivity index (χ0n) is 11.4. The first-order valence-electron chi connectivity index (χ1n) is 6.87. The first-order valence-corrected chi connectivity index (χ1v) is 7.95. The number of hydrogen-bond donors (Lipinski definition) is 1. The standard InChI is InChI=1S/C15H13IN4O/c1-8-4-6-18-14-12(8)19-15(21)11-10(16)5-7-17-13(11)20(14)9-2-3-9/h4-7,9H,2-3H2,1H3,(H,19,21). The number of nitrogens with one attached hydrogen (secondary N) is 1. The summed E-state index contributed by atoms with van der Waals surface area (Å²) < 4.78 is 0.909. The molecule has 1 aliphatic heterocycles. The van der Waals surface area contributed by atoms with Crippen molar-refractivity contribution < 1.29 is 4.79 Å². The Bertz CT molecular complexity index is 757. The zero-order valence-corrected chi connectivity index (χ0v) is 13.6. The Morgan fingerprint density at radius 2 is 1.95 bits per heavy atom. The third kappa shape index (κ3) is 2.00. The van der Waals surface area contributed by atoms with Gasteiger partial charge in [0.05, 0.1) is 11.3 Å². The van der Waals surface area contributed by atoms with E-state index in [9.17, 15) is 4.79 Å². The van der Waals surface area contributed by atoms with Crippen molar-refractivity contribution in [1.82, 2.24) is 9.97 Å². The molecule has 1 saturated carbocycles. The van der Waals surface area contributed by atoms with Crippen molar-refractivity contribution in [2.75, 3.05) is 10.2 Å². The van der Waals surface area contributed by atoms with Crippen molar-refractivity contribution in [2.45, 2.75) is 25.8 Å². The summed E-state index contributed by atoms with van der Waals surface area (Å²) >= 11 is 2.19. The van der Waals surface area contributed by atoms with Crippen LogP contribution in [0.5, 0.6) is 0 Å². The number of amides is 1. The molecule has 2 aromatic heterocycles. The van der Waals surface area contributed by atoms with Gasteiger partial charge in [-0.2, -0.15) is 0 Å². The highest BCUT2D eigenvalue weighted by Crippen LogP contribution is 2.44. The second-order valence-corrected chi connectivity index (χ2v) is 6.54. The maximum Gasteiger partial charge on any atom is 0.260 e. The van der Waals surface area contributed by atoms with E-state index in [1.807, 2.05) is 19.1 Å². The molecule has 5 nitrogen and oxygen atoms in total. The van der Waals surface area contributed by atoms with Gasteiger partial charge in [-0.1, -0.05) is 0 Å². The molecule has 2 aliphatic rings. The van der Waals surface area contributed by atoms with E-state index in [1.165, 1.54) is 0 Å². The summed E-state index contributed by atoms with van der Waals surface area (Å²) in [5, 5.41) is 3.01. The van der Waals surface area contributed by atoms with Crippen LogP contribution in [-0.4, -0.2) is 21.9 Å². The third-order valence-corrected chi connectivity index (χ3v) is 4.75. The Morgan fingerprint density at radius 3 is 2.71 bits per heavy atom. The molecule has 0 aromatic carbocycles. The number of anilines is 3. The Morgan fingerprint density at radius 1 is 1.24 bits per heavy atom. The van der Waals surface area contributed by atoms with Gasteiger partial charge < -0.3 is 10.2 Å². The number of hydrogen-bond acceptors (Lipinski definition) is 4. The van der Waals surface area contributed by atoms with Crippen LogP contribution in [0.4, 0.5) is 17.3 Å².